The van der Waals surface area contributed by atoms with Gasteiger partial charge in [-0.05, 0) is 0 Å². The summed E-state index contributed by atoms with van der Waals surface area (Å²) in [5, 5.41) is 0. The molecule has 0 saturated heterocycles. The first-order valence-corrected chi connectivity index (χ1v) is 2.37. The predicted molar refractivity (Wildman–Crippen MR) is 27.8 cm³/mol. The molecule has 1 aliphatic rings. The van der Waals surface area contributed by atoms with E-state index in [0.29, 0.717) is 6.42 Å². The quantitative estimate of drug-likeness (QED) is 0.433. The molecular weight excluding hydrogens is 91.1 g/mol. The molecule has 1 atom stereocenters. The highest BCUT2D eigenvalue weighted by atomic mass is 19.1. The van der Waals surface area contributed by atoms with Crippen LogP contribution in [0, 0.1) is 0 Å². The Morgan fingerprint density at radius 2 is 2.29 bits per heavy atom. The normalized spacial score (nSPS) is 28.4. The molecule has 0 unspecified atom stereocenters. The van der Waals surface area contributed by atoms with E-state index in [0.717, 1.165) is 0 Å². The van der Waals surface area contributed by atoms with Crippen molar-refractivity contribution in [2.45, 2.75) is 12.6 Å². The topological polar surface area (TPSA) is 0 Å². The third kappa shape index (κ3) is 1.15. The Balaban J connectivity index is 2.49. The molecule has 0 N–H and O–H groups in total. The van der Waals surface area contributed by atoms with Crippen LogP contribution in [0.25, 0.3) is 0 Å². The van der Waals surface area contributed by atoms with E-state index >= 15 is 0 Å². The monoisotopic (exact) mass is 98.1 g/mol. The van der Waals surface area contributed by atoms with Crippen LogP contribution >= 0.6 is 0 Å². The second-order valence-corrected chi connectivity index (χ2v) is 1.56. The molecule has 0 fully saturated rings. The number of halogens is 1. The second kappa shape index (κ2) is 1.92. The van der Waals surface area contributed by atoms with Gasteiger partial charge in [0.25, 0.3) is 0 Å². The van der Waals surface area contributed by atoms with Crippen molar-refractivity contribution in [1.29, 1.82) is 0 Å². The molecule has 1 aliphatic carbocycles. The first kappa shape index (κ1) is 4.57. The van der Waals surface area contributed by atoms with E-state index in [4.69, 9.17) is 0 Å². The number of rotatable bonds is 0. The van der Waals surface area contributed by atoms with Crippen LogP contribution in [0.3, 0.4) is 0 Å². The largest absolute Gasteiger partial charge is 0.243 e. The molecule has 0 aromatic heterocycles. The Bertz CT molecular complexity index is 103. The average molecular weight is 98.1 g/mol. The van der Waals surface area contributed by atoms with E-state index in [1.54, 1.807) is 12.2 Å². The lowest BCUT2D eigenvalue weighted by Crippen LogP contribution is -1.93. The van der Waals surface area contributed by atoms with Crippen LogP contribution < -0.4 is 0 Å². The van der Waals surface area contributed by atoms with Crippen LogP contribution in [0.4, 0.5) is 4.39 Å². The van der Waals surface area contributed by atoms with Crippen LogP contribution in [-0.4, -0.2) is 6.17 Å². The van der Waals surface area contributed by atoms with Gasteiger partial charge < -0.3 is 0 Å². The SMILES string of the molecule is F[C@@H]1C=CC=CC1. The Morgan fingerprint density at radius 3 is 2.57 bits per heavy atom. The summed E-state index contributed by atoms with van der Waals surface area (Å²) in [6.45, 7) is 0. The average Bonchev–Trinajstić information content (AvgIpc) is 1.69. The van der Waals surface area contributed by atoms with E-state index in [1.807, 2.05) is 12.2 Å². The van der Waals surface area contributed by atoms with E-state index < -0.39 is 6.17 Å². The van der Waals surface area contributed by atoms with E-state index in [9.17, 15) is 4.39 Å². The molecule has 7 heavy (non-hydrogen) atoms. The molecule has 1 heteroatoms. The van der Waals surface area contributed by atoms with Crippen LogP contribution in [-0.2, 0) is 0 Å². The van der Waals surface area contributed by atoms with Gasteiger partial charge in [0.05, 0.1) is 0 Å². The predicted octanol–water partition coefficient (Wildman–Crippen LogP) is 1.84. The fourth-order valence-electron chi connectivity index (χ4n) is 0.550. The first-order chi connectivity index (χ1) is 3.39. The minimum absolute atomic E-state index is 0.552. The zero-order chi connectivity index (χ0) is 5.11. The number of alkyl halides is 1. The Labute approximate surface area is 42.3 Å². The summed E-state index contributed by atoms with van der Waals surface area (Å²) in [5.74, 6) is 0. The lowest BCUT2D eigenvalue weighted by atomic mass is 10.2. The standard InChI is InChI=1S/C6H7F/c7-6-4-2-1-3-5-6/h1-4,6H,5H2/t6-/m1/s1. The highest BCUT2D eigenvalue weighted by Gasteiger charge is 1.97. The molecule has 0 aromatic carbocycles. The Kier molecular flexibility index (Phi) is 1.25. The molecule has 0 spiro atoms. The summed E-state index contributed by atoms with van der Waals surface area (Å²) in [6.07, 6.45) is 6.79. The van der Waals surface area contributed by atoms with Crippen molar-refractivity contribution >= 4 is 0 Å². The first-order valence-electron chi connectivity index (χ1n) is 2.37. The Hall–Kier alpha value is -0.590. The molecule has 0 amide bonds. The van der Waals surface area contributed by atoms with E-state index in [2.05, 4.69) is 0 Å². The van der Waals surface area contributed by atoms with Gasteiger partial charge in [0.2, 0.25) is 0 Å². The van der Waals surface area contributed by atoms with Crippen molar-refractivity contribution in [3.8, 4) is 0 Å². The van der Waals surface area contributed by atoms with Gasteiger partial charge in [-0.25, -0.2) is 4.39 Å². The molecule has 0 bridgehead atoms. The van der Waals surface area contributed by atoms with Gasteiger partial charge in [0.1, 0.15) is 6.17 Å². The second-order valence-electron chi connectivity index (χ2n) is 1.56. The fourth-order valence-corrected chi connectivity index (χ4v) is 0.550. The molecule has 0 aromatic rings. The van der Waals surface area contributed by atoms with Crippen molar-refractivity contribution < 1.29 is 4.39 Å². The molecule has 38 valence electrons. The summed E-state index contributed by atoms with van der Waals surface area (Å²) in [5.41, 5.74) is 0. The number of hydrogen-bond acceptors (Lipinski definition) is 0. The molecular formula is C6H7F. The summed E-state index contributed by atoms with van der Waals surface area (Å²) in [6, 6.07) is 0. The molecule has 0 nitrogen and oxygen atoms in total. The Morgan fingerprint density at radius 1 is 1.43 bits per heavy atom. The lowest BCUT2D eigenvalue weighted by Gasteiger charge is -1.98. The number of hydrogen-bond donors (Lipinski definition) is 0. The summed E-state index contributed by atoms with van der Waals surface area (Å²) >= 11 is 0. The van der Waals surface area contributed by atoms with Crippen molar-refractivity contribution in [2.24, 2.45) is 0 Å². The highest BCUT2D eigenvalue weighted by molar-refractivity contribution is 5.11. The van der Waals surface area contributed by atoms with Crippen molar-refractivity contribution in [3.63, 3.8) is 0 Å². The van der Waals surface area contributed by atoms with Crippen molar-refractivity contribution in [1.82, 2.24) is 0 Å². The molecule has 0 radical (unpaired) electrons. The van der Waals surface area contributed by atoms with Gasteiger partial charge in [-0.2, -0.15) is 0 Å². The zero-order valence-corrected chi connectivity index (χ0v) is 3.97. The minimum Gasteiger partial charge on any atom is -0.243 e. The van der Waals surface area contributed by atoms with E-state index in [-0.39, 0.29) is 0 Å². The molecule has 0 aliphatic heterocycles. The summed E-state index contributed by atoms with van der Waals surface area (Å²) in [4.78, 5) is 0. The van der Waals surface area contributed by atoms with Gasteiger partial charge in [0, 0.05) is 6.42 Å². The van der Waals surface area contributed by atoms with Crippen LogP contribution in [0.1, 0.15) is 6.42 Å². The molecule has 1 rings (SSSR count). The maximum atomic E-state index is 12.0. The van der Waals surface area contributed by atoms with Gasteiger partial charge >= 0.3 is 0 Å². The van der Waals surface area contributed by atoms with Gasteiger partial charge in [-0.15, -0.1) is 0 Å². The van der Waals surface area contributed by atoms with E-state index in [1.165, 1.54) is 0 Å². The smallest absolute Gasteiger partial charge is 0.122 e. The van der Waals surface area contributed by atoms with Gasteiger partial charge in [-0.1, -0.05) is 24.3 Å². The van der Waals surface area contributed by atoms with Crippen LogP contribution in [0.5, 0.6) is 0 Å². The van der Waals surface area contributed by atoms with Crippen molar-refractivity contribution in [2.75, 3.05) is 0 Å². The third-order valence-electron chi connectivity index (χ3n) is 0.928. The van der Waals surface area contributed by atoms with Crippen LogP contribution in [0.2, 0.25) is 0 Å². The van der Waals surface area contributed by atoms with Crippen molar-refractivity contribution in [3.05, 3.63) is 24.3 Å². The minimum atomic E-state index is -0.731. The highest BCUT2D eigenvalue weighted by Crippen LogP contribution is 2.05. The number of allylic oxidation sites excluding steroid dienone is 4. The molecule has 0 heterocycles. The van der Waals surface area contributed by atoms with Crippen LogP contribution in [0.15, 0.2) is 24.3 Å². The molecule has 0 saturated carbocycles. The van der Waals surface area contributed by atoms with Gasteiger partial charge in [-0.3, -0.25) is 0 Å². The fraction of sp³-hybridized carbons (Fsp3) is 0.333. The maximum absolute atomic E-state index is 12.0. The summed E-state index contributed by atoms with van der Waals surface area (Å²) < 4.78 is 12.0. The van der Waals surface area contributed by atoms with Gasteiger partial charge in [0.15, 0.2) is 0 Å². The maximum Gasteiger partial charge on any atom is 0.122 e. The summed E-state index contributed by atoms with van der Waals surface area (Å²) in [7, 11) is 0. The zero-order valence-electron chi connectivity index (χ0n) is 3.97. The third-order valence-corrected chi connectivity index (χ3v) is 0.928. The lowest BCUT2D eigenvalue weighted by molar-refractivity contribution is 0.401.